The Balaban J connectivity index is 1.90. The van der Waals surface area contributed by atoms with Crippen LogP contribution in [0.2, 0.25) is 0 Å². The molecule has 0 radical (unpaired) electrons. The average molecular weight is 308 g/mol. The maximum Gasteiger partial charge on any atom is 0.329 e. The molecule has 23 heavy (non-hydrogen) atoms. The highest BCUT2D eigenvalue weighted by molar-refractivity contribution is 6.09. The molecule has 0 aromatic heterocycles. The molecule has 0 spiro atoms. The first kappa shape index (κ1) is 17.1. The Morgan fingerprint density at radius 1 is 0.913 bits per heavy atom. The van der Waals surface area contributed by atoms with Crippen molar-refractivity contribution in [3.63, 3.8) is 0 Å². The molecule has 0 unspecified atom stereocenters. The third kappa shape index (κ3) is 5.48. The summed E-state index contributed by atoms with van der Waals surface area (Å²) in [4.78, 5) is 3.45. The van der Waals surface area contributed by atoms with Crippen LogP contribution >= 0.6 is 0 Å². The third-order valence-corrected chi connectivity index (χ3v) is 3.79. The first-order valence-electron chi connectivity index (χ1n) is 8.29. The second-order valence-corrected chi connectivity index (χ2v) is 5.62. The van der Waals surface area contributed by atoms with Crippen molar-refractivity contribution in [3.05, 3.63) is 76.8 Å². The summed E-state index contributed by atoms with van der Waals surface area (Å²) in [5.41, 5.74) is 12.8. The van der Waals surface area contributed by atoms with Crippen molar-refractivity contribution in [3.8, 4) is 0 Å². The highest BCUT2D eigenvalue weighted by Gasteiger charge is 2.14. The van der Waals surface area contributed by atoms with E-state index < -0.39 is 0 Å². The van der Waals surface area contributed by atoms with Crippen molar-refractivity contribution in [2.24, 2.45) is 0 Å². The van der Waals surface area contributed by atoms with E-state index in [-0.39, 0.29) is 0 Å². The summed E-state index contributed by atoms with van der Waals surface area (Å²) in [5.74, 6) is 0. The van der Waals surface area contributed by atoms with Crippen molar-refractivity contribution in [2.75, 3.05) is 6.61 Å². The third-order valence-electron chi connectivity index (χ3n) is 3.79. The zero-order valence-electron chi connectivity index (χ0n) is 13.7. The first-order chi connectivity index (χ1) is 11.3. The van der Waals surface area contributed by atoms with E-state index in [2.05, 4.69) is 11.7 Å². The lowest BCUT2D eigenvalue weighted by molar-refractivity contribution is -0.00279. The Labute approximate surface area is 138 Å². The van der Waals surface area contributed by atoms with E-state index in [0.29, 0.717) is 12.3 Å². The fraction of sp³-hybridized carbons (Fsp3) is 0.350. The van der Waals surface area contributed by atoms with E-state index in [0.717, 1.165) is 29.7 Å². The van der Waals surface area contributed by atoms with E-state index in [1.54, 1.807) is 0 Å². The minimum atomic E-state index is 0.581. The van der Waals surface area contributed by atoms with Crippen LogP contribution in [0.25, 0.3) is 5.53 Å². The predicted octanol–water partition coefficient (Wildman–Crippen LogP) is 4.85. The average Bonchev–Trinajstić information content (AvgIpc) is 2.61. The zero-order valence-corrected chi connectivity index (χ0v) is 13.7. The molecule has 2 aromatic carbocycles. The highest BCUT2D eigenvalue weighted by Crippen LogP contribution is 2.11. The molecular weight excluding hydrogens is 284 g/mol. The normalized spacial score (nSPS) is 10.3. The number of benzene rings is 2. The van der Waals surface area contributed by atoms with Crippen LogP contribution in [-0.4, -0.2) is 17.1 Å². The van der Waals surface area contributed by atoms with Gasteiger partial charge in [0.1, 0.15) is 0 Å². The minimum absolute atomic E-state index is 0.581. The van der Waals surface area contributed by atoms with E-state index >= 15 is 0 Å². The maximum atomic E-state index is 9.31. The molecule has 0 aliphatic heterocycles. The monoisotopic (exact) mass is 308 g/mol. The van der Waals surface area contributed by atoms with Crippen molar-refractivity contribution in [2.45, 2.75) is 39.2 Å². The van der Waals surface area contributed by atoms with Crippen molar-refractivity contribution in [1.82, 2.24) is 0 Å². The summed E-state index contributed by atoms with van der Waals surface area (Å²) in [6.07, 6.45) is 4.89. The molecule has 0 amide bonds. The SMILES string of the molecule is CCCCCCOCc1ccc(C(=[N+]=[N-])c2ccccc2)cc1. The molecule has 0 fully saturated rings. The largest absolute Gasteiger partial charge is 0.377 e. The fourth-order valence-corrected chi connectivity index (χ4v) is 2.46. The number of hydrogen-bond donors (Lipinski definition) is 0. The number of unbranched alkanes of at least 4 members (excludes halogenated alkanes) is 3. The topological polar surface area (TPSA) is 45.6 Å². The molecule has 2 aromatic rings. The molecule has 0 aliphatic carbocycles. The second-order valence-electron chi connectivity index (χ2n) is 5.62. The van der Waals surface area contributed by atoms with Gasteiger partial charge in [0.15, 0.2) is 0 Å². The van der Waals surface area contributed by atoms with Crippen molar-refractivity contribution >= 4 is 5.71 Å². The molecule has 0 N–H and O–H groups in total. The lowest BCUT2D eigenvalue weighted by Gasteiger charge is -2.05. The van der Waals surface area contributed by atoms with Gasteiger partial charge in [0.05, 0.1) is 17.7 Å². The lowest BCUT2D eigenvalue weighted by atomic mass is 10.0. The van der Waals surface area contributed by atoms with Gasteiger partial charge in [-0.25, -0.2) is 0 Å². The standard InChI is InChI=1S/C20H24N2O/c1-2-3-4-8-15-23-16-17-11-13-19(14-12-17)20(22-21)18-9-6-5-7-10-18/h5-7,9-14H,2-4,8,15-16H2,1H3. The Morgan fingerprint density at radius 3 is 2.26 bits per heavy atom. The van der Waals surface area contributed by atoms with Gasteiger partial charge >= 0.3 is 5.71 Å². The molecule has 0 bridgehead atoms. The van der Waals surface area contributed by atoms with Crippen molar-refractivity contribution < 1.29 is 9.53 Å². The second kappa shape index (κ2) is 9.73. The maximum absolute atomic E-state index is 9.31. The van der Waals surface area contributed by atoms with Gasteiger partial charge in [-0.1, -0.05) is 56.5 Å². The van der Waals surface area contributed by atoms with Crippen LogP contribution in [0.1, 0.15) is 49.3 Å². The van der Waals surface area contributed by atoms with Crippen LogP contribution in [0.4, 0.5) is 0 Å². The van der Waals surface area contributed by atoms with Gasteiger partial charge in [-0.05, 0) is 36.2 Å². The summed E-state index contributed by atoms with van der Waals surface area (Å²) >= 11 is 0. The van der Waals surface area contributed by atoms with Crippen LogP contribution in [0, 0.1) is 0 Å². The summed E-state index contributed by atoms with van der Waals surface area (Å²) < 4.78 is 5.70. The zero-order chi connectivity index (χ0) is 16.3. The first-order valence-corrected chi connectivity index (χ1v) is 8.29. The van der Waals surface area contributed by atoms with Gasteiger partial charge in [0, 0.05) is 6.61 Å². The number of ether oxygens (including phenoxy) is 1. The van der Waals surface area contributed by atoms with Crippen LogP contribution in [0.3, 0.4) is 0 Å². The minimum Gasteiger partial charge on any atom is -0.377 e. The van der Waals surface area contributed by atoms with E-state index in [9.17, 15) is 5.53 Å². The summed E-state index contributed by atoms with van der Waals surface area (Å²) in [5, 5.41) is 0. The quantitative estimate of drug-likeness (QED) is 0.283. The number of rotatable bonds is 9. The van der Waals surface area contributed by atoms with Crippen LogP contribution < -0.4 is 0 Å². The molecular formula is C20H24N2O. The van der Waals surface area contributed by atoms with Crippen LogP contribution in [0.5, 0.6) is 0 Å². The summed E-state index contributed by atoms with van der Waals surface area (Å²) in [6.45, 7) is 3.65. The fourth-order valence-electron chi connectivity index (χ4n) is 2.46. The number of nitrogens with zero attached hydrogens (tertiary/aromatic N) is 2. The summed E-state index contributed by atoms with van der Waals surface area (Å²) in [6, 6.07) is 17.7. The molecule has 2 rings (SSSR count). The van der Waals surface area contributed by atoms with Gasteiger partial charge in [-0.3, -0.25) is 0 Å². The van der Waals surface area contributed by atoms with Gasteiger partial charge in [-0.2, -0.15) is 4.79 Å². The Morgan fingerprint density at radius 2 is 1.61 bits per heavy atom. The molecule has 0 saturated heterocycles. The Bertz CT molecular complexity index is 628. The van der Waals surface area contributed by atoms with Gasteiger partial charge in [-0.15, -0.1) is 0 Å². The van der Waals surface area contributed by atoms with Gasteiger partial charge in [0.25, 0.3) is 0 Å². The van der Waals surface area contributed by atoms with Gasteiger partial charge < -0.3 is 10.3 Å². The Hall–Kier alpha value is -2.22. The molecule has 0 aliphatic rings. The van der Waals surface area contributed by atoms with Crippen LogP contribution in [-0.2, 0) is 11.3 Å². The molecule has 0 atom stereocenters. The summed E-state index contributed by atoms with van der Waals surface area (Å²) in [7, 11) is 0. The smallest absolute Gasteiger partial charge is 0.329 e. The molecule has 120 valence electrons. The molecule has 0 saturated carbocycles. The number of hydrogen-bond acceptors (Lipinski definition) is 1. The highest BCUT2D eigenvalue weighted by atomic mass is 16.5. The molecule has 0 heterocycles. The lowest BCUT2D eigenvalue weighted by Crippen LogP contribution is -2.04. The molecule has 3 heteroatoms. The van der Waals surface area contributed by atoms with Gasteiger partial charge in [0.2, 0.25) is 0 Å². The van der Waals surface area contributed by atoms with E-state index in [4.69, 9.17) is 4.74 Å². The van der Waals surface area contributed by atoms with E-state index in [1.165, 1.54) is 19.3 Å². The Kier molecular flexibility index (Phi) is 7.25. The molecule has 3 nitrogen and oxygen atoms in total. The van der Waals surface area contributed by atoms with Crippen LogP contribution in [0.15, 0.2) is 54.6 Å². The predicted molar refractivity (Wildman–Crippen MR) is 93.5 cm³/mol. The van der Waals surface area contributed by atoms with E-state index in [1.807, 2.05) is 54.6 Å². The van der Waals surface area contributed by atoms with Crippen molar-refractivity contribution in [1.29, 1.82) is 0 Å².